The van der Waals surface area contributed by atoms with Gasteiger partial charge in [-0.05, 0) is 48.4 Å². The highest BCUT2D eigenvalue weighted by Crippen LogP contribution is 2.40. The lowest BCUT2D eigenvalue weighted by Gasteiger charge is -2.42. The summed E-state index contributed by atoms with van der Waals surface area (Å²) in [5.74, 6) is 0.661. The van der Waals surface area contributed by atoms with E-state index in [1.165, 1.54) is 12.5 Å². The summed E-state index contributed by atoms with van der Waals surface area (Å²) < 4.78 is 13.1. The molecule has 0 bridgehead atoms. The lowest BCUT2D eigenvalue weighted by Crippen LogP contribution is -2.44. The highest BCUT2D eigenvalue weighted by atomic mass is 19.1. The van der Waals surface area contributed by atoms with Crippen molar-refractivity contribution in [3.63, 3.8) is 0 Å². The summed E-state index contributed by atoms with van der Waals surface area (Å²) in [6.45, 7) is 6.27. The highest BCUT2D eigenvalue weighted by Gasteiger charge is 2.39. The van der Waals surface area contributed by atoms with Gasteiger partial charge < -0.3 is 5.11 Å². The van der Waals surface area contributed by atoms with E-state index in [4.69, 9.17) is 0 Å². The molecule has 0 amide bonds. The van der Waals surface area contributed by atoms with E-state index in [0.29, 0.717) is 18.3 Å². The smallest absolute Gasteiger partial charge is 0.123 e. The monoisotopic (exact) mass is 250 g/mol. The molecule has 1 N–H and O–H groups in total. The van der Waals surface area contributed by atoms with E-state index < -0.39 is 5.60 Å². The van der Waals surface area contributed by atoms with Crippen LogP contribution < -0.4 is 0 Å². The molecule has 1 aromatic rings. The van der Waals surface area contributed by atoms with Crippen molar-refractivity contribution in [3.8, 4) is 0 Å². The Hall–Kier alpha value is -0.890. The Morgan fingerprint density at radius 1 is 1.39 bits per heavy atom. The number of aliphatic hydroxyl groups is 1. The van der Waals surface area contributed by atoms with Crippen molar-refractivity contribution < 1.29 is 9.50 Å². The molecule has 1 aliphatic rings. The molecule has 100 valence electrons. The van der Waals surface area contributed by atoms with E-state index in [1.807, 2.05) is 13.0 Å². The standard InChI is InChI=1S/C16H23FO/c1-11-5-4-8-16(18,13(11)3)10-14-6-7-15(17)9-12(14)2/h6-7,9,11,13,18H,4-5,8,10H2,1-3H3. The number of aryl methyl sites for hydroxylation is 1. The van der Waals surface area contributed by atoms with Crippen LogP contribution in [0.2, 0.25) is 0 Å². The highest BCUT2D eigenvalue weighted by molar-refractivity contribution is 5.28. The third-order valence-electron chi connectivity index (χ3n) is 4.77. The van der Waals surface area contributed by atoms with Gasteiger partial charge in [0.05, 0.1) is 5.60 Å². The first kappa shape index (κ1) is 13.5. The molecule has 18 heavy (non-hydrogen) atoms. The first-order valence-corrected chi connectivity index (χ1v) is 6.90. The van der Waals surface area contributed by atoms with Crippen molar-refractivity contribution in [3.05, 3.63) is 35.1 Å². The first-order chi connectivity index (χ1) is 8.42. The predicted octanol–water partition coefficient (Wildman–Crippen LogP) is 3.86. The number of benzene rings is 1. The van der Waals surface area contributed by atoms with Gasteiger partial charge in [-0.15, -0.1) is 0 Å². The van der Waals surface area contributed by atoms with Crippen LogP contribution in [0.3, 0.4) is 0 Å². The van der Waals surface area contributed by atoms with E-state index in [9.17, 15) is 9.50 Å². The molecule has 1 aliphatic carbocycles. The Morgan fingerprint density at radius 2 is 2.11 bits per heavy atom. The van der Waals surface area contributed by atoms with Crippen LogP contribution >= 0.6 is 0 Å². The van der Waals surface area contributed by atoms with Gasteiger partial charge in [0.25, 0.3) is 0 Å². The Bertz CT molecular complexity index is 429. The Kier molecular flexibility index (Phi) is 3.76. The average molecular weight is 250 g/mol. The van der Waals surface area contributed by atoms with Crippen molar-refractivity contribution in [2.75, 3.05) is 0 Å². The van der Waals surface area contributed by atoms with Crippen LogP contribution in [0.1, 0.15) is 44.2 Å². The van der Waals surface area contributed by atoms with Gasteiger partial charge in [0.15, 0.2) is 0 Å². The fraction of sp³-hybridized carbons (Fsp3) is 0.625. The molecule has 1 nitrogen and oxygen atoms in total. The maximum atomic E-state index is 13.1. The lowest BCUT2D eigenvalue weighted by atomic mass is 9.68. The van der Waals surface area contributed by atoms with Gasteiger partial charge in [-0.2, -0.15) is 0 Å². The van der Waals surface area contributed by atoms with Crippen LogP contribution in [0.5, 0.6) is 0 Å². The number of hydrogen-bond acceptors (Lipinski definition) is 1. The SMILES string of the molecule is Cc1cc(F)ccc1CC1(O)CCCC(C)C1C. The molecule has 2 rings (SSSR count). The molecule has 2 heteroatoms. The second-order valence-electron chi connectivity index (χ2n) is 6.01. The first-order valence-electron chi connectivity index (χ1n) is 6.90. The molecule has 0 spiro atoms. The van der Waals surface area contributed by atoms with Crippen molar-refractivity contribution >= 4 is 0 Å². The minimum Gasteiger partial charge on any atom is -0.389 e. The zero-order chi connectivity index (χ0) is 13.3. The fourth-order valence-electron chi connectivity index (χ4n) is 3.17. The summed E-state index contributed by atoms with van der Waals surface area (Å²) >= 11 is 0. The van der Waals surface area contributed by atoms with E-state index in [2.05, 4.69) is 13.8 Å². The zero-order valence-corrected chi connectivity index (χ0v) is 11.5. The van der Waals surface area contributed by atoms with Crippen molar-refractivity contribution in [1.82, 2.24) is 0 Å². The van der Waals surface area contributed by atoms with Crippen LogP contribution in [-0.4, -0.2) is 10.7 Å². The summed E-state index contributed by atoms with van der Waals surface area (Å²) in [5.41, 5.74) is 1.38. The minimum absolute atomic E-state index is 0.201. The molecular formula is C16H23FO. The van der Waals surface area contributed by atoms with Gasteiger partial charge in [0, 0.05) is 6.42 Å². The lowest BCUT2D eigenvalue weighted by molar-refractivity contribution is -0.0621. The van der Waals surface area contributed by atoms with E-state index >= 15 is 0 Å². The van der Waals surface area contributed by atoms with Gasteiger partial charge in [-0.1, -0.05) is 32.8 Å². The van der Waals surface area contributed by atoms with E-state index in [1.54, 1.807) is 6.07 Å². The molecule has 0 aromatic heterocycles. The predicted molar refractivity (Wildman–Crippen MR) is 72.0 cm³/mol. The molecule has 3 atom stereocenters. The van der Waals surface area contributed by atoms with Crippen LogP contribution in [0.25, 0.3) is 0 Å². The molecule has 0 radical (unpaired) electrons. The summed E-state index contributed by atoms with van der Waals surface area (Å²) in [4.78, 5) is 0. The molecule has 1 fully saturated rings. The topological polar surface area (TPSA) is 20.2 Å². The largest absolute Gasteiger partial charge is 0.389 e. The second kappa shape index (κ2) is 5.00. The summed E-state index contributed by atoms with van der Waals surface area (Å²) in [7, 11) is 0. The van der Waals surface area contributed by atoms with Crippen molar-refractivity contribution in [2.45, 2.75) is 52.1 Å². The van der Waals surface area contributed by atoms with Gasteiger partial charge in [0.1, 0.15) is 5.82 Å². The van der Waals surface area contributed by atoms with Crippen molar-refractivity contribution in [1.29, 1.82) is 0 Å². The van der Waals surface area contributed by atoms with Crippen LogP contribution in [0.4, 0.5) is 4.39 Å². The second-order valence-corrected chi connectivity index (χ2v) is 6.01. The Balaban J connectivity index is 2.21. The normalized spacial score (nSPS) is 32.5. The molecular weight excluding hydrogens is 227 g/mol. The Morgan fingerprint density at radius 3 is 2.78 bits per heavy atom. The quantitative estimate of drug-likeness (QED) is 0.845. The number of halogens is 1. The van der Waals surface area contributed by atoms with Gasteiger partial charge in [-0.25, -0.2) is 4.39 Å². The Labute approximate surface area is 109 Å². The summed E-state index contributed by atoms with van der Waals surface area (Å²) in [6, 6.07) is 4.85. The molecule has 0 aliphatic heterocycles. The minimum atomic E-state index is -0.625. The van der Waals surface area contributed by atoms with Crippen LogP contribution in [0, 0.1) is 24.6 Å². The van der Waals surface area contributed by atoms with Gasteiger partial charge in [0.2, 0.25) is 0 Å². The third kappa shape index (κ3) is 2.59. The van der Waals surface area contributed by atoms with Gasteiger partial charge in [-0.3, -0.25) is 0 Å². The average Bonchev–Trinajstić information content (AvgIpc) is 2.30. The molecule has 0 saturated heterocycles. The van der Waals surface area contributed by atoms with E-state index in [-0.39, 0.29) is 5.82 Å². The maximum Gasteiger partial charge on any atom is 0.123 e. The zero-order valence-electron chi connectivity index (χ0n) is 11.5. The molecule has 3 unspecified atom stereocenters. The summed E-state index contributed by atoms with van der Waals surface area (Å²) in [6.07, 6.45) is 3.79. The van der Waals surface area contributed by atoms with E-state index in [0.717, 1.165) is 24.0 Å². The fourth-order valence-corrected chi connectivity index (χ4v) is 3.17. The number of rotatable bonds is 2. The van der Waals surface area contributed by atoms with Crippen molar-refractivity contribution in [2.24, 2.45) is 11.8 Å². The molecule has 1 saturated carbocycles. The maximum absolute atomic E-state index is 13.1. The van der Waals surface area contributed by atoms with Crippen LogP contribution in [0.15, 0.2) is 18.2 Å². The third-order valence-corrected chi connectivity index (χ3v) is 4.77. The molecule has 0 heterocycles. The summed E-state index contributed by atoms with van der Waals surface area (Å²) in [5, 5.41) is 10.9. The number of hydrogen-bond donors (Lipinski definition) is 1. The van der Waals surface area contributed by atoms with Crippen LogP contribution in [-0.2, 0) is 6.42 Å². The molecule has 1 aromatic carbocycles. The van der Waals surface area contributed by atoms with Gasteiger partial charge >= 0.3 is 0 Å².